The maximum Gasteiger partial charge on any atom is 0.136 e. The number of aryl methyl sites for hydroxylation is 1. The number of carbonyl (C=O) groups excluding carboxylic acids is 1. The van der Waals surface area contributed by atoms with Crippen LogP contribution in [-0.2, 0) is 11.3 Å². The summed E-state index contributed by atoms with van der Waals surface area (Å²) in [6, 6.07) is 1.00. The molecule has 0 saturated carbocycles. The van der Waals surface area contributed by atoms with Crippen LogP contribution in [0, 0.1) is 6.92 Å². The first kappa shape index (κ1) is 11.9. The van der Waals surface area contributed by atoms with E-state index in [1.807, 2.05) is 10.9 Å². The lowest BCUT2D eigenvalue weighted by Crippen LogP contribution is -2.53. The molecule has 0 amide bonds. The second-order valence-corrected chi connectivity index (χ2v) is 5.70. The van der Waals surface area contributed by atoms with Crippen LogP contribution in [0.15, 0.2) is 12.4 Å². The fourth-order valence-electron chi connectivity index (χ4n) is 3.44. The second kappa shape index (κ2) is 4.84. The average Bonchev–Trinajstić information content (AvgIpc) is 2.72. The van der Waals surface area contributed by atoms with Gasteiger partial charge in [0.15, 0.2) is 0 Å². The predicted octanol–water partition coefficient (Wildman–Crippen LogP) is 1.78. The van der Waals surface area contributed by atoms with Crippen LogP contribution in [0.5, 0.6) is 0 Å². The zero-order valence-electron chi connectivity index (χ0n) is 11.0. The second-order valence-electron chi connectivity index (χ2n) is 5.70. The van der Waals surface area contributed by atoms with Gasteiger partial charge in [-0.25, -0.2) is 0 Å². The summed E-state index contributed by atoms with van der Waals surface area (Å²) in [7, 11) is 0. The molecule has 4 nitrogen and oxygen atoms in total. The van der Waals surface area contributed by atoms with E-state index in [0.717, 1.165) is 25.9 Å². The Morgan fingerprint density at radius 3 is 2.61 bits per heavy atom. The number of hydrogen-bond acceptors (Lipinski definition) is 3. The third-order valence-corrected chi connectivity index (χ3v) is 4.29. The Bertz CT molecular complexity index is 424. The van der Waals surface area contributed by atoms with E-state index in [-0.39, 0.29) is 0 Å². The van der Waals surface area contributed by atoms with Crippen molar-refractivity contribution in [3.8, 4) is 0 Å². The molecule has 0 spiro atoms. The quantitative estimate of drug-likeness (QED) is 0.817. The molecule has 2 aliphatic heterocycles. The van der Waals surface area contributed by atoms with Crippen molar-refractivity contribution in [3.05, 3.63) is 18.0 Å². The number of hydrogen-bond donors (Lipinski definition) is 0. The van der Waals surface area contributed by atoms with Crippen molar-refractivity contribution in [3.63, 3.8) is 0 Å². The summed E-state index contributed by atoms with van der Waals surface area (Å²) < 4.78 is 2.02. The molecule has 2 bridgehead atoms. The molecule has 0 radical (unpaired) electrons. The molecule has 2 unspecified atom stereocenters. The molecule has 3 heterocycles. The molecule has 2 atom stereocenters. The molecule has 98 valence electrons. The molecule has 18 heavy (non-hydrogen) atoms. The van der Waals surface area contributed by atoms with Crippen molar-refractivity contribution in [1.82, 2.24) is 14.7 Å². The van der Waals surface area contributed by atoms with Crippen molar-refractivity contribution >= 4 is 5.78 Å². The molecular formula is C14H21N3O. The van der Waals surface area contributed by atoms with E-state index in [1.54, 1.807) is 0 Å². The Hall–Kier alpha value is -1.16. The Balaban J connectivity index is 1.63. The molecular weight excluding hydrogens is 226 g/mol. The average molecular weight is 247 g/mol. The van der Waals surface area contributed by atoms with E-state index in [9.17, 15) is 4.79 Å². The molecule has 4 heteroatoms. The largest absolute Gasteiger partial charge is 0.300 e. The SMILES string of the molecule is Cc1cnn(CCN2C3CCCC2CC(=O)C3)c1. The van der Waals surface area contributed by atoms with Gasteiger partial charge in [0.1, 0.15) is 5.78 Å². The van der Waals surface area contributed by atoms with Crippen molar-refractivity contribution < 1.29 is 4.79 Å². The molecule has 2 aliphatic rings. The Kier molecular flexibility index (Phi) is 3.20. The van der Waals surface area contributed by atoms with Crippen LogP contribution < -0.4 is 0 Å². The van der Waals surface area contributed by atoms with E-state index in [0.29, 0.717) is 17.9 Å². The summed E-state index contributed by atoms with van der Waals surface area (Å²) >= 11 is 0. The zero-order valence-corrected chi connectivity index (χ0v) is 11.0. The van der Waals surface area contributed by atoms with Crippen LogP contribution in [0.1, 0.15) is 37.7 Å². The lowest BCUT2D eigenvalue weighted by Gasteiger charge is -2.45. The third-order valence-electron chi connectivity index (χ3n) is 4.29. The van der Waals surface area contributed by atoms with E-state index in [1.165, 1.54) is 24.8 Å². The van der Waals surface area contributed by atoms with Gasteiger partial charge in [0.2, 0.25) is 0 Å². The summed E-state index contributed by atoms with van der Waals surface area (Å²) in [5.74, 6) is 0.468. The van der Waals surface area contributed by atoms with Gasteiger partial charge < -0.3 is 0 Å². The number of rotatable bonds is 3. The van der Waals surface area contributed by atoms with Gasteiger partial charge in [-0.3, -0.25) is 14.4 Å². The minimum Gasteiger partial charge on any atom is -0.300 e. The highest BCUT2D eigenvalue weighted by Crippen LogP contribution is 2.31. The molecule has 2 fully saturated rings. The minimum absolute atomic E-state index is 0.468. The van der Waals surface area contributed by atoms with Crippen LogP contribution in [0.2, 0.25) is 0 Å². The van der Waals surface area contributed by atoms with Crippen molar-refractivity contribution in [2.24, 2.45) is 0 Å². The van der Waals surface area contributed by atoms with E-state index < -0.39 is 0 Å². The Labute approximate surface area is 108 Å². The highest BCUT2D eigenvalue weighted by Gasteiger charge is 2.36. The molecule has 0 aliphatic carbocycles. The van der Waals surface area contributed by atoms with Gasteiger partial charge in [-0.2, -0.15) is 5.10 Å². The molecule has 2 saturated heterocycles. The summed E-state index contributed by atoms with van der Waals surface area (Å²) in [5.41, 5.74) is 1.21. The number of piperidine rings is 2. The topological polar surface area (TPSA) is 38.1 Å². The van der Waals surface area contributed by atoms with Crippen LogP contribution in [0.3, 0.4) is 0 Å². The molecule has 0 N–H and O–H groups in total. The van der Waals surface area contributed by atoms with Crippen molar-refractivity contribution in [2.75, 3.05) is 6.54 Å². The summed E-state index contributed by atoms with van der Waals surface area (Å²) in [6.07, 6.45) is 9.22. The lowest BCUT2D eigenvalue weighted by atomic mass is 9.84. The van der Waals surface area contributed by atoms with Crippen LogP contribution in [0.4, 0.5) is 0 Å². The number of fused-ring (bicyclic) bond motifs is 2. The number of nitrogens with zero attached hydrogens (tertiary/aromatic N) is 3. The summed E-state index contributed by atoms with van der Waals surface area (Å²) in [5, 5.41) is 4.33. The number of Topliss-reactive ketones (excluding diaryl/α,β-unsaturated/α-hetero) is 1. The predicted molar refractivity (Wildman–Crippen MR) is 69.3 cm³/mol. The van der Waals surface area contributed by atoms with Crippen molar-refractivity contribution in [1.29, 1.82) is 0 Å². The lowest BCUT2D eigenvalue weighted by molar-refractivity contribution is -0.127. The van der Waals surface area contributed by atoms with E-state index in [4.69, 9.17) is 0 Å². The highest BCUT2D eigenvalue weighted by molar-refractivity contribution is 5.80. The fraction of sp³-hybridized carbons (Fsp3) is 0.714. The molecule has 1 aromatic heterocycles. The monoisotopic (exact) mass is 247 g/mol. The number of aromatic nitrogens is 2. The summed E-state index contributed by atoms with van der Waals surface area (Å²) in [4.78, 5) is 14.2. The highest BCUT2D eigenvalue weighted by atomic mass is 16.1. The minimum atomic E-state index is 0.468. The zero-order chi connectivity index (χ0) is 12.5. The molecule has 3 rings (SSSR count). The smallest absolute Gasteiger partial charge is 0.136 e. The number of ketones is 1. The van der Waals surface area contributed by atoms with Gasteiger partial charge >= 0.3 is 0 Å². The van der Waals surface area contributed by atoms with Crippen LogP contribution in [0.25, 0.3) is 0 Å². The van der Waals surface area contributed by atoms with E-state index >= 15 is 0 Å². The van der Waals surface area contributed by atoms with Gasteiger partial charge in [-0.1, -0.05) is 6.42 Å². The van der Waals surface area contributed by atoms with E-state index in [2.05, 4.69) is 23.1 Å². The van der Waals surface area contributed by atoms with Gasteiger partial charge in [0, 0.05) is 37.7 Å². The third kappa shape index (κ3) is 2.34. The standard InChI is InChI=1S/C14H21N3O/c1-11-9-15-16(10-11)5-6-17-12-3-2-4-13(17)8-14(18)7-12/h9-10,12-13H,2-8H2,1H3. The van der Waals surface area contributed by atoms with Gasteiger partial charge in [0.25, 0.3) is 0 Å². The van der Waals surface area contributed by atoms with Gasteiger partial charge in [-0.05, 0) is 25.3 Å². The normalized spacial score (nSPS) is 28.6. The van der Waals surface area contributed by atoms with Crippen molar-refractivity contribution in [2.45, 2.75) is 57.7 Å². The first-order chi connectivity index (χ1) is 8.72. The van der Waals surface area contributed by atoms with Crippen LogP contribution >= 0.6 is 0 Å². The summed E-state index contributed by atoms with van der Waals surface area (Å²) in [6.45, 7) is 4.04. The van der Waals surface area contributed by atoms with Gasteiger partial charge in [0.05, 0.1) is 12.7 Å². The van der Waals surface area contributed by atoms with Gasteiger partial charge in [-0.15, -0.1) is 0 Å². The maximum atomic E-state index is 11.7. The Morgan fingerprint density at radius 2 is 2.00 bits per heavy atom. The molecule has 1 aromatic rings. The maximum absolute atomic E-state index is 11.7. The first-order valence-corrected chi connectivity index (χ1v) is 6.99. The van der Waals surface area contributed by atoms with Crippen LogP contribution in [-0.4, -0.2) is 39.1 Å². The Morgan fingerprint density at radius 1 is 1.28 bits per heavy atom. The first-order valence-electron chi connectivity index (χ1n) is 6.99. The molecule has 0 aromatic carbocycles. The number of carbonyl (C=O) groups is 1. The fourth-order valence-corrected chi connectivity index (χ4v) is 3.44.